The van der Waals surface area contributed by atoms with Crippen molar-refractivity contribution >= 4 is 30.7 Å². The zero-order valence-electron chi connectivity index (χ0n) is 16.0. The smallest absolute Gasteiger partial charge is 0.241 e. The SMILES string of the molecule is CNC(C(=O)NCC(C)N1CCc2ccccc2C1)c1cnn(C)c1.Cl.Cl. The number of halogens is 2. The summed E-state index contributed by atoms with van der Waals surface area (Å²) in [5, 5.41) is 10.3. The number of benzene rings is 1. The van der Waals surface area contributed by atoms with Crippen LogP contribution in [0.15, 0.2) is 36.7 Å². The maximum absolute atomic E-state index is 12.5. The van der Waals surface area contributed by atoms with E-state index in [9.17, 15) is 4.79 Å². The highest BCUT2D eigenvalue weighted by molar-refractivity contribution is 5.85. The third-order valence-corrected chi connectivity index (χ3v) is 4.96. The molecule has 0 aliphatic carbocycles. The number of nitrogens with zero attached hydrogens (tertiary/aromatic N) is 3. The molecule has 1 aromatic heterocycles. The van der Waals surface area contributed by atoms with Gasteiger partial charge >= 0.3 is 0 Å². The Labute approximate surface area is 173 Å². The quantitative estimate of drug-likeness (QED) is 0.760. The van der Waals surface area contributed by atoms with E-state index in [1.807, 2.05) is 13.2 Å². The van der Waals surface area contributed by atoms with Crippen LogP contribution in [0.1, 0.15) is 29.7 Å². The van der Waals surface area contributed by atoms with Crippen LogP contribution in [0.3, 0.4) is 0 Å². The first-order valence-electron chi connectivity index (χ1n) is 8.83. The zero-order valence-corrected chi connectivity index (χ0v) is 17.6. The highest BCUT2D eigenvalue weighted by atomic mass is 35.5. The van der Waals surface area contributed by atoms with Gasteiger partial charge in [-0.2, -0.15) is 5.10 Å². The van der Waals surface area contributed by atoms with E-state index in [1.165, 1.54) is 11.1 Å². The summed E-state index contributed by atoms with van der Waals surface area (Å²) in [6, 6.07) is 8.54. The summed E-state index contributed by atoms with van der Waals surface area (Å²) >= 11 is 0. The number of carbonyl (C=O) groups is 1. The number of nitrogens with one attached hydrogen (secondary N) is 2. The van der Waals surface area contributed by atoms with Crippen molar-refractivity contribution in [3.63, 3.8) is 0 Å². The van der Waals surface area contributed by atoms with Crippen LogP contribution >= 0.6 is 24.8 Å². The minimum Gasteiger partial charge on any atom is -0.353 e. The number of likely N-dealkylation sites (N-methyl/N-ethyl adjacent to an activating group) is 1. The Morgan fingerprint density at radius 1 is 1.26 bits per heavy atom. The molecule has 1 amide bonds. The van der Waals surface area contributed by atoms with Crippen LogP contribution in [0.5, 0.6) is 0 Å². The molecule has 1 aromatic carbocycles. The monoisotopic (exact) mass is 413 g/mol. The van der Waals surface area contributed by atoms with E-state index >= 15 is 0 Å². The lowest BCUT2D eigenvalue weighted by Gasteiger charge is -2.34. The summed E-state index contributed by atoms with van der Waals surface area (Å²) in [5.74, 6) is -0.0141. The van der Waals surface area contributed by atoms with Crippen LogP contribution in [0, 0.1) is 0 Å². The minimum absolute atomic E-state index is 0. The molecule has 2 aromatic rings. The summed E-state index contributed by atoms with van der Waals surface area (Å²) in [6.45, 7) is 4.80. The lowest BCUT2D eigenvalue weighted by atomic mass is 9.99. The third kappa shape index (κ3) is 5.69. The highest BCUT2D eigenvalue weighted by Gasteiger charge is 2.23. The topological polar surface area (TPSA) is 62.2 Å². The second-order valence-electron chi connectivity index (χ2n) is 6.75. The van der Waals surface area contributed by atoms with Crippen LogP contribution in [0.4, 0.5) is 0 Å². The molecular formula is C19H29Cl2N5O. The van der Waals surface area contributed by atoms with Crippen LogP contribution in [-0.4, -0.2) is 46.8 Å². The molecule has 150 valence electrons. The Morgan fingerprint density at radius 3 is 2.59 bits per heavy atom. The predicted octanol–water partition coefficient (Wildman–Crippen LogP) is 2.09. The van der Waals surface area contributed by atoms with Crippen molar-refractivity contribution in [3.8, 4) is 0 Å². The van der Waals surface area contributed by atoms with Gasteiger partial charge in [0.25, 0.3) is 0 Å². The van der Waals surface area contributed by atoms with Crippen molar-refractivity contribution in [1.82, 2.24) is 25.3 Å². The summed E-state index contributed by atoms with van der Waals surface area (Å²) in [7, 11) is 3.65. The fourth-order valence-electron chi connectivity index (χ4n) is 3.41. The molecule has 0 fully saturated rings. The maximum atomic E-state index is 12.5. The second-order valence-corrected chi connectivity index (χ2v) is 6.75. The lowest BCUT2D eigenvalue weighted by Crippen LogP contribution is -2.46. The van der Waals surface area contributed by atoms with Gasteiger partial charge in [-0.1, -0.05) is 24.3 Å². The van der Waals surface area contributed by atoms with E-state index in [1.54, 1.807) is 17.9 Å². The Hall–Kier alpha value is -1.60. The molecule has 27 heavy (non-hydrogen) atoms. The number of amides is 1. The fraction of sp³-hybridized carbons (Fsp3) is 0.474. The Bertz CT molecular complexity index is 736. The first-order valence-corrected chi connectivity index (χ1v) is 8.83. The number of hydrogen-bond acceptors (Lipinski definition) is 4. The number of aromatic nitrogens is 2. The molecule has 2 unspecified atom stereocenters. The summed E-state index contributed by atoms with van der Waals surface area (Å²) in [4.78, 5) is 15.0. The average molecular weight is 414 g/mol. The van der Waals surface area contributed by atoms with Gasteiger partial charge in [0.15, 0.2) is 0 Å². The first-order chi connectivity index (χ1) is 12.1. The third-order valence-electron chi connectivity index (χ3n) is 4.96. The number of fused-ring (bicyclic) bond motifs is 1. The number of aryl methyl sites for hydroxylation is 1. The van der Waals surface area contributed by atoms with E-state index < -0.39 is 0 Å². The second kappa shape index (κ2) is 10.7. The van der Waals surface area contributed by atoms with E-state index in [0.717, 1.165) is 25.1 Å². The Morgan fingerprint density at radius 2 is 1.96 bits per heavy atom. The van der Waals surface area contributed by atoms with Gasteiger partial charge in [-0.3, -0.25) is 14.4 Å². The zero-order chi connectivity index (χ0) is 17.8. The molecule has 6 nitrogen and oxygen atoms in total. The minimum atomic E-state index is -0.372. The van der Waals surface area contributed by atoms with E-state index in [0.29, 0.717) is 12.6 Å². The van der Waals surface area contributed by atoms with Gasteiger partial charge in [-0.15, -0.1) is 24.8 Å². The molecule has 2 atom stereocenters. The van der Waals surface area contributed by atoms with Gasteiger partial charge < -0.3 is 10.6 Å². The first kappa shape index (κ1) is 23.4. The van der Waals surface area contributed by atoms with Crippen LogP contribution in [0.2, 0.25) is 0 Å². The van der Waals surface area contributed by atoms with Crippen molar-refractivity contribution in [1.29, 1.82) is 0 Å². The van der Waals surface area contributed by atoms with E-state index in [4.69, 9.17) is 0 Å². The maximum Gasteiger partial charge on any atom is 0.241 e. The summed E-state index contributed by atoms with van der Waals surface area (Å²) < 4.78 is 1.71. The molecular weight excluding hydrogens is 385 g/mol. The Balaban J connectivity index is 0.00000182. The van der Waals surface area contributed by atoms with Gasteiger partial charge in [0.05, 0.1) is 6.20 Å². The molecule has 1 aliphatic rings. The molecule has 8 heteroatoms. The van der Waals surface area contributed by atoms with Gasteiger partial charge in [-0.25, -0.2) is 0 Å². The number of rotatable bonds is 6. The van der Waals surface area contributed by atoms with Crippen LogP contribution in [0.25, 0.3) is 0 Å². The average Bonchev–Trinajstić information content (AvgIpc) is 3.05. The normalized spacial score (nSPS) is 15.7. The van der Waals surface area contributed by atoms with Gasteiger partial charge in [-0.05, 0) is 31.5 Å². The summed E-state index contributed by atoms with van der Waals surface area (Å²) in [5.41, 5.74) is 3.72. The van der Waals surface area contributed by atoms with Crippen molar-refractivity contribution < 1.29 is 4.79 Å². The molecule has 0 spiro atoms. The van der Waals surface area contributed by atoms with Crippen molar-refractivity contribution in [2.75, 3.05) is 20.1 Å². The van der Waals surface area contributed by atoms with Crippen molar-refractivity contribution in [2.45, 2.75) is 32.0 Å². The van der Waals surface area contributed by atoms with Gasteiger partial charge in [0.1, 0.15) is 6.04 Å². The molecule has 0 bridgehead atoms. The van der Waals surface area contributed by atoms with Crippen molar-refractivity contribution in [2.24, 2.45) is 7.05 Å². The number of hydrogen-bond donors (Lipinski definition) is 2. The lowest BCUT2D eigenvalue weighted by molar-refractivity contribution is -0.123. The fourth-order valence-corrected chi connectivity index (χ4v) is 3.41. The molecule has 0 saturated heterocycles. The number of carbonyl (C=O) groups excluding carboxylic acids is 1. The predicted molar refractivity (Wildman–Crippen MR) is 113 cm³/mol. The van der Waals surface area contributed by atoms with Crippen molar-refractivity contribution in [3.05, 3.63) is 53.3 Å². The van der Waals surface area contributed by atoms with Gasteiger partial charge in [0.2, 0.25) is 5.91 Å². The largest absolute Gasteiger partial charge is 0.353 e. The van der Waals surface area contributed by atoms with Crippen LogP contribution < -0.4 is 10.6 Å². The molecule has 3 rings (SSSR count). The Kier molecular flexibility index (Phi) is 9.26. The van der Waals surface area contributed by atoms with E-state index in [-0.39, 0.29) is 36.8 Å². The molecule has 2 heterocycles. The van der Waals surface area contributed by atoms with Gasteiger partial charge in [0, 0.05) is 44.5 Å². The molecule has 0 radical (unpaired) electrons. The molecule has 0 saturated carbocycles. The highest BCUT2D eigenvalue weighted by Crippen LogP contribution is 2.20. The van der Waals surface area contributed by atoms with Crippen LogP contribution in [-0.2, 0) is 24.8 Å². The van der Waals surface area contributed by atoms with E-state index in [2.05, 4.69) is 51.8 Å². The molecule has 1 aliphatic heterocycles. The summed E-state index contributed by atoms with van der Waals surface area (Å²) in [6.07, 6.45) is 4.67. The standard InChI is InChI=1S/C19H27N5O.2ClH/c1-14(24-9-8-15-6-4-5-7-16(15)13-24)10-21-19(25)18(20-2)17-11-22-23(3)12-17;;/h4-7,11-12,14,18,20H,8-10,13H2,1-3H3,(H,21,25);2*1H. The molecule has 2 N–H and O–H groups in total.